The minimum absolute atomic E-state index is 0.220. The van der Waals surface area contributed by atoms with Crippen molar-refractivity contribution in [2.45, 2.75) is 11.8 Å². The van der Waals surface area contributed by atoms with Crippen LogP contribution in [0.5, 0.6) is 0 Å². The molecular formula is C10H11ClO4S. The summed E-state index contributed by atoms with van der Waals surface area (Å²) in [6, 6.07) is 6.54. The molecule has 0 atom stereocenters. The molecule has 0 aliphatic heterocycles. The van der Waals surface area contributed by atoms with Crippen LogP contribution in [0.25, 0.3) is 0 Å². The van der Waals surface area contributed by atoms with Crippen LogP contribution in [0, 0.1) is 6.92 Å². The fraction of sp³-hybridized carbons (Fsp3) is 0.300. The van der Waals surface area contributed by atoms with Gasteiger partial charge in [0.25, 0.3) is 0 Å². The predicted octanol–water partition coefficient (Wildman–Crippen LogP) is 2.14. The Morgan fingerprint density at radius 2 is 2.12 bits per heavy atom. The molecule has 0 fully saturated rings. The van der Waals surface area contributed by atoms with Crippen molar-refractivity contribution < 1.29 is 17.9 Å². The van der Waals surface area contributed by atoms with E-state index in [1.807, 2.05) is 0 Å². The van der Waals surface area contributed by atoms with E-state index in [0.717, 1.165) is 5.56 Å². The van der Waals surface area contributed by atoms with E-state index in [1.165, 1.54) is 6.07 Å². The van der Waals surface area contributed by atoms with Gasteiger partial charge in [-0.2, -0.15) is 0 Å². The molecule has 4 nitrogen and oxygen atoms in total. The summed E-state index contributed by atoms with van der Waals surface area (Å²) in [5, 5.41) is 0. The molecule has 0 spiro atoms. The highest BCUT2D eigenvalue weighted by Gasteiger charge is 2.14. The first-order chi connectivity index (χ1) is 7.42. The van der Waals surface area contributed by atoms with E-state index in [0.29, 0.717) is 0 Å². The largest absolute Gasteiger partial charge is 0.453 e. The molecule has 1 aromatic carbocycles. The number of carbonyl (C=O) groups excluding carboxylic acids is 1. The number of ether oxygens (including phenoxy) is 1. The zero-order valence-electron chi connectivity index (χ0n) is 8.64. The number of hydrogen-bond acceptors (Lipinski definition) is 4. The van der Waals surface area contributed by atoms with Gasteiger partial charge in [-0.3, -0.25) is 0 Å². The van der Waals surface area contributed by atoms with Gasteiger partial charge in [0.1, 0.15) is 6.61 Å². The number of halogens is 1. The Hall–Kier alpha value is -1.07. The van der Waals surface area contributed by atoms with Gasteiger partial charge in [-0.1, -0.05) is 12.1 Å². The van der Waals surface area contributed by atoms with Crippen LogP contribution in [0.1, 0.15) is 5.56 Å². The SMILES string of the molecule is Cc1cccc(S(=O)(=O)CCOC(=O)Cl)c1. The summed E-state index contributed by atoms with van der Waals surface area (Å²) in [6.45, 7) is 1.57. The number of hydrogen-bond donors (Lipinski definition) is 0. The third-order valence-electron chi connectivity index (χ3n) is 1.92. The molecule has 88 valence electrons. The summed E-state index contributed by atoms with van der Waals surface area (Å²) in [7, 11) is -3.41. The lowest BCUT2D eigenvalue weighted by molar-refractivity contribution is 0.180. The Morgan fingerprint density at radius 1 is 1.44 bits per heavy atom. The molecule has 0 aromatic heterocycles. The summed E-state index contributed by atoms with van der Waals surface area (Å²) >= 11 is 4.92. The van der Waals surface area contributed by atoms with E-state index in [9.17, 15) is 13.2 Å². The summed E-state index contributed by atoms with van der Waals surface area (Å²) in [5.41, 5.74) is -0.144. The van der Waals surface area contributed by atoms with Crippen molar-refractivity contribution in [3.63, 3.8) is 0 Å². The van der Waals surface area contributed by atoms with E-state index in [2.05, 4.69) is 4.74 Å². The molecule has 0 N–H and O–H groups in total. The van der Waals surface area contributed by atoms with E-state index >= 15 is 0 Å². The van der Waals surface area contributed by atoms with E-state index in [4.69, 9.17) is 11.6 Å². The molecule has 1 aromatic rings. The molecule has 0 radical (unpaired) electrons. The van der Waals surface area contributed by atoms with Gasteiger partial charge < -0.3 is 4.74 Å². The zero-order valence-corrected chi connectivity index (χ0v) is 10.2. The van der Waals surface area contributed by atoms with Crippen LogP contribution >= 0.6 is 11.6 Å². The van der Waals surface area contributed by atoms with Gasteiger partial charge >= 0.3 is 5.43 Å². The number of carbonyl (C=O) groups is 1. The maximum Gasteiger partial charge on any atom is 0.403 e. The molecule has 0 amide bonds. The molecule has 0 heterocycles. The van der Waals surface area contributed by atoms with Crippen LogP contribution in [0.4, 0.5) is 4.79 Å². The third-order valence-corrected chi connectivity index (χ3v) is 3.70. The van der Waals surface area contributed by atoms with E-state index < -0.39 is 15.3 Å². The second-order valence-corrected chi connectivity index (χ2v) is 5.64. The molecule has 0 saturated carbocycles. The smallest absolute Gasteiger partial charge is 0.403 e. The fourth-order valence-electron chi connectivity index (χ4n) is 1.16. The monoisotopic (exact) mass is 262 g/mol. The Balaban J connectivity index is 2.74. The first kappa shape index (κ1) is 13.0. The molecule has 0 aliphatic carbocycles. The third kappa shape index (κ3) is 3.83. The lowest BCUT2D eigenvalue weighted by Gasteiger charge is -2.04. The van der Waals surface area contributed by atoms with Gasteiger partial charge in [0.15, 0.2) is 9.84 Å². The zero-order chi connectivity index (χ0) is 12.2. The summed E-state index contributed by atoms with van der Waals surface area (Å²) < 4.78 is 27.8. The van der Waals surface area contributed by atoms with Crippen molar-refractivity contribution in [2.75, 3.05) is 12.4 Å². The lowest BCUT2D eigenvalue weighted by Crippen LogP contribution is -2.13. The molecule has 1 rings (SSSR count). The van der Waals surface area contributed by atoms with Crippen molar-refractivity contribution in [2.24, 2.45) is 0 Å². The maximum atomic E-state index is 11.7. The number of rotatable bonds is 4. The fourth-order valence-corrected chi connectivity index (χ4v) is 2.43. The van der Waals surface area contributed by atoms with Crippen molar-refractivity contribution in [3.05, 3.63) is 29.8 Å². The highest BCUT2D eigenvalue weighted by molar-refractivity contribution is 7.91. The van der Waals surface area contributed by atoms with Crippen LogP contribution in [0.15, 0.2) is 29.2 Å². The first-order valence-electron chi connectivity index (χ1n) is 4.53. The molecule has 16 heavy (non-hydrogen) atoms. The summed E-state index contributed by atoms with van der Waals surface area (Å²) in [6.07, 6.45) is 0. The van der Waals surface area contributed by atoms with Crippen molar-refractivity contribution >= 4 is 26.9 Å². The van der Waals surface area contributed by atoms with Gasteiger partial charge in [0, 0.05) is 11.6 Å². The highest BCUT2D eigenvalue weighted by atomic mass is 35.5. The average Bonchev–Trinajstić information content (AvgIpc) is 2.16. The molecular weight excluding hydrogens is 252 g/mol. The van der Waals surface area contributed by atoms with Gasteiger partial charge in [0.05, 0.1) is 10.6 Å². The number of benzene rings is 1. The van der Waals surface area contributed by atoms with Gasteiger partial charge in [-0.25, -0.2) is 13.2 Å². The van der Waals surface area contributed by atoms with E-state index in [-0.39, 0.29) is 17.3 Å². The summed E-state index contributed by atoms with van der Waals surface area (Å²) in [5.74, 6) is -0.269. The van der Waals surface area contributed by atoms with Crippen LogP contribution < -0.4 is 0 Å². The molecule has 0 saturated heterocycles. The minimum atomic E-state index is -3.41. The Labute approximate surface area is 99.1 Å². The standard InChI is InChI=1S/C10H11ClO4S/c1-8-3-2-4-9(7-8)16(13,14)6-5-15-10(11)12/h2-4,7H,5-6H2,1H3. The Kier molecular flexibility index (Phi) is 4.32. The lowest BCUT2D eigenvalue weighted by atomic mass is 10.2. The molecule has 0 bridgehead atoms. The average molecular weight is 263 g/mol. The second kappa shape index (κ2) is 5.32. The number of sulfone groups is 1. The normalized spacial score (nSPS) is 11.1. The van der Waals surface area contributed by atoms with Crippen LogP contribution in [0.3, 0.4) is 0 Å². The predicted molar refractivity (Wildman–Crippen MR) is 60.4 cm³/mol. The summed E-state index contributed by atoms with van der Waals surface area (Å²) in [4.78, 5) is 10.5. The van der Waals surface area contributed by atoms with Crippen molar-refractivity contribution in [3.8, 4) is 0 Å². The second-order valence-electron chi connectivity index (χ2n) is 3.22. The van der Waals surface area contributed by atoms with Crippen molar-refractivity contribution in [1.29, 1.82) is 0 Å². The Morgan fingerprint density at radius 3 is 2.69 bits per heavy atom. The Bertz CT molecular complexity index is 481. The van der Waals surface area contributed by atoms with Gasteiger partial charge in [0.2, 0.25) is 0 Å². The maximum absolute atomic E-state index is 11.7. The van der Waals surface area contributed by atoms with E-state index in [1.54, 1.807) is 25.1 Å². The molecule has 6 heteroatoms. The minimum Gasteiger partial charge on any atom is -0.453 e. The van der Waals surface area contributed by atoms with Crippen LogP contribution in [-0.2, 0) is 14.6 Å². The topological polar surface area (TPSA) is 60.4 Å². The highest BCUT2D eigenvalue weighted by Crippen LogP contribution is 2.12. The molecule has 0 unspecified atom stereocenters. The number of aryl methyl sites for hydroxylation is 1. The van der Waals surface area contributed by atoms with Gasteiger partial charge in [-0.15, -0.1) is 0 Å². The van der Waals surface area contributed by atoms with Crippen LogP contribution in [-0.4, -0.2) is 26.2 Å². The van der Waals surface area contributed by atoms with Gasteiger partial charge in [-0.05, 0) is 24.6 Å². The first-order valence-corrected chi connectivity index (χ1v) is 6.56. The quantitative estimate of drug-likeness (QED) is 0.780. The van der Waals surface area contributed by atoms with Crippen molar-refractivity contribution in [1.82, 2.24) is 0 Å². The van der Waals surface area contributed by atoms with Crippen LogP contribution in [0.2, 0.25) is 0 Å². The molecule has 0 aliphatic rings.